The molecule has 0 aliphatic rings. The van der Waals surface area contributed by atoms with Crippen LogP contribution < -0.4 is 10.2 Å². The number of nitrogens with one attached hydrogen (secondary N) is 1. The first kappa shape index (κ1) is 14.4. The zero-order valence-corrected chi connectivity index (χ0v) is 10.1. The van der Waals surface area contributed by atoms with E-state index in [1.807, 2.05) is 0 Å². The van der Waals surface area contributed by atoms with E-state index in [0.29, 0.717) is 19.0 Å². The van der Waals surface area contributed by atoms with E-state index >= 15 is 0 Å². The summed E-state index contributed by atoms with van der Waals surface area (Å²) in [4.78, 5) is 16.1. The standard InChI is InChI=1S/C12H16FNO4/c1-16-8-9-18-14-12(15)6-7-17-11-4-2-10(13)3-5-11/h2-5H,6-9H2,1H3,(H,14,15). The van der Waals surface area contributed by atoms with E-state index in [2.05, 4.69) is 5.48 Å². The summed E-state index contributed by atoms with van der Waals surface area (Å²) in [7, 11) is 1.54. The number of amides is 1. The van der Waals surface area contributed by atoms with Crippen LogP contribution in [0.2, 0.25) is 0 Å². The number of hydroxylamine groups is 1. The summed E-state index contributed by atoms with van der Waals surface area (Å²) in [5.41, 5.74) is 2.25. The number of carbonyl (C=O) groups is 1. The maximum Gasteiger partial charge on any atom is 0.246 e. The van der Waals surface area contributed by atoms with Crippen molar-refractivity contribution in [3.8, 4) is 5.75 Å². The Morgan fingerprint density at radius 1 is 1.22 bits per heavy atom. The van der Waals surface area contributed by atoms with Crippen LogP contribution in [0.3, 0.4) is 0 Å². The fraction of sp³-hybridized carbons (Fsp3) is 0.417. The molecule has 0 saturated carbocycles. The van der Waals surface area contributed by atoms with Gasteiger partial charge in [0.25, 0.3) is 0 Å². The molecule has 1 aromatic rings. The van der Waals surface area contributed by atoms with Gasteiger partial charge in [-0.3, -0.25) is 9.63 Å². The summed E-state index contributed by atoms with van der Waals surface area (Å²) in [5.74, 6) is -0.0932. The monoisotopic (exact) mass is 257 g/mol. The van der Waals surface area contributed by atoms with Crippen molar-refractivity contribution < 1.29 is 23.5 Å². The molecule has 0 spiro atoms. The second-order valence-corrected chi connectivity index (χ2v) is 3.42. The van der Waals surface area contributed by atoms with Crippen LogP contribution >= 0.6 is 0 Å². The molecule has 0 bridgehead atoms. The van der Waals surface area contributed by atoms with Crippen LogP contribution in [0.1, 0.15) is 6.42 Å². The highest BCUT2D eigenvalue weighted by Crippen LogP contribution is 2.10. The number of halogens is 1. The molecule has 0 fully saturated rings. The van der Waals surface area contributed by atoms with Crippen molar-refractivity contribution in [3.05, 3.63) is 30.1 Å². The van der Waals surface area contributed by atoms with Gasteiger partial charge in [-0.05, 0) is 24.3 Å². The van der Waals surface area contributed by atoms with Gasteiger partial charge in [0.05, 0.1) is 26.2 Å². The molecule has 1 rings (SSSR count). The van der Waals surface area contributed by atoms with E-state index in [0.717, 1.165) is 0 Å². The molecule has 1 N–H and O–H groups in total. The van der Waals surface area contributed by atoms with E-state index in [1.54, 1.807) is 7.11 Å². The molecule has 18 heavy (non-hydrogen) atoms. The Labute approximate surface area is 105 Å². The van der Waals surface area contributed by atoms with Crippen LogP contribution in [0.5, 0.6) is 5.75 Å². The molecule has 5 nitrogen and oxygen atoms in total. The minimum atomic E-state index is -0.327. The zero-order valence-electron chi connectivity index (χ0n) is 10.1. The molecule has 0 radical (unpaired) electrons. The third-order valence-electron chi connectivity index (χ3n) is 1.99. The van der Waals surface area contributed by atoms with Gasteiger partial charge in [-0.15, -0.1) is 0 Å². The molecule has 0 aromatic heterocycles. The van der Waals surface area contributed by atoms with E-state index in [4.69, 9.17) is 14.3 Å². The lowest BCUT2D eigenvalue weighted by molar-refractivity contribution is -0.135. The third kappa shape index (κ3) is 6.17. The predicted octanol–water partition coefficient (Wildman–Crippen LogP) is 1.29. The number of methoxy groups -OCH3 is 1. The van der Waals surface area contributed by atoms with Gasteiger partial charge in [-0.25, -0.2) is 9.87 Å². The van der Waals surface area contributed by atoms with Gasteiger partial charge >= 0.3 is 0 Å². The van der Waals surface area contributed by atoms with Gasteiger partial charge in [0.15, 0.2) is 0 Å². The number of carbonyl (C=O) groups excluding carboxylic acids is 1. The molecule has 0 saturated heterocycles. The van der Waals surface area contributed by atoms with Crippen molar-refractivity contribution in [1.29, 1.82) is 0 Å². The van der Waals surface area contributed by atoms with Gasteiger partial charge < -0.3 is 9.47 Å². The van der Waals surface area contributed by atoms with Crippen molar-refractivity contribution in [2.75, 3.05) is 26.9 Å². The summed E-state index contributed by atoms with van der Waals surface area (Å²) in [6.45, 7) is 0.901. The molecule has 0 atom stereocenters. The molecule has 0 heterocycles. The number of hydrogen-bond donors (Lipinski definition) is 1. The first-order chi connectivity index (χ1) is 8.72. The highest BCUT2D eigenvalue weighted by molar-refractivity contribution is 5.74. The third-order valence-corrected chi connectivity index (χ3v) is 1.99. The SMILES string of the molecule is COCCONC(=O)CCOc1ccc(F)cc1. The minimum absolute atomic E-state index is 0.157. The van der Waals surface area contributed by atoms with Crippen LogP contribution in [-0.4, -0.2) is 32.8 Å². The van der Waals surface area contributed by atoms with Crippen LogP contribution in [0, 0.1) is 5.82 Å². The van der Waals surface area contributed by atoms with E-state index in [-0.39, 0.29) is 24.8 Å². The molecule has 0 aliphatic carbocycles. The number of hydrogen-bond acceptors (Lipinski definition) is 4. The lowest BCUT2D eigenvalue weighted by atomic mass is 10.3. The number of ether oxygens (including phenoxy) is 2. The molecule has 1 amide bonds. The highest BCUT2D eigenvalue weighted by Gasteiger charge is 2.02. The average Bonchev–Trinajstić information content (AvgIpc) is 2.37. The molecule has 0 unspecified atom stereocenters. The number of rotatable bonds is 8. The molecule has 6 heteroatoms. The van der Waals surface area contributed by atoms with Crippen molar-refractivity contribution in [1.82, 2.24) is 5.48 Å². The lowest BCUT2D eigenvalue weighted by Gasteiger charge is -2.07. The van der Waals surface area contributed by atoms with Gasteiger partial charge in [-0.1, -0.05) is 0 Å². The molecular formula is C12H16FNO4. The Kier molecular flexibility index (Phi) is 6.75. The molecule has 100 valence electrons. The first-order valence-electron chi connectivity index (χ1n) is 5.50. The van der Waals surface area contributed by atoms with Crippen molar-refractivity contribution in [2.45, 2.75) is 6.42 Å². The zero-order chi connectivity index (χ0) is 13.2. The maximum atomic E-state index is 12.6. The molecule has 1 aromatic carbocycles. The predicted molar refractivity (Wildman–Crippen MR) is 62.5 cm³/mol. The van der Waals surface area contributed by atoms with Crippen molar-refractivity contribution in [2.24, 2.45) is 0 Å². The normalized spacial score (nSPS) is 10.1. The Bertz CT molecular complexity index is 356. The lowest BCUT2D eigenvalue weighted by Crippen LogP contribution is -2.26. The summed E-state index contributed by atoms with van der Waals surface area (Å²) in [5, 5.41) is 0. The molecule has 0 aliphatic heterocycles. The largest absolute Gasteiger partial charge is 0.493 e. The summed E-state index contributed by atoms with van der Waals surface area (Å²) >= 11 is 0. The van der Waals surface area contributed by atoms with Gasteiger partial charge in [0.2, 0.25) is 5.91 Å². The second-order valence-electron chi connectivity index (χ2n) is 3.42. The fourth-order valence-corrected chi connectivity index (χ4v) is 1.10. The Balaban J connectivity index is 2.10. The topological polar surface area (TPSA) is 56.8 Å². The Hall–Kier alpha value is -1.66. The second kappa shape index (κ2) is 8.43. The van der Waals surface area contributed by atoms with Gasteiger partial charge in [0, 0.05) is 7.11 Å². The van der Waals surface area contributed by atoms with E-state index < -0.39 is 0 Å². The Morgan fingerprint density at radius 3 is 2.61 bits per heavy atom. The first-order valence-corrected chi connectivity index (χ1v) is 5.50. The van der Waals surface area contributed by atoms with Crippen LogP contribution in [0.15, 0.2) is 24.3 Å². The number of benzene rings is 1. The minimum Gasteiger partial charge on any atom is -0.493 e. The fourth-order valence-electron chi connectivity index (χ4n) is 1.10. The van der Waals surface area contributed by atoms with Crippen molar-refractivity contribution >= 4 is 5.91 Å². The summed E-state index contributed by atoms with van der Waals surface area (Å²) in [6, 6.07) is 5.59. The Morgan fingerprint density at radius 2 is 1.94 bits per heavy atom. The van der Waals surface area contributed by atoms with Crippen molar-refractivity contribution in [3.63, 3.8) is 0 Å². The summed E-state index contributed by atoms with van der Waals surface area (Å²) < 4.78 is 22.6. The van der Waals surface area contributed by atoms with Crippen LogP contribution in [-0.2, 0) is 14.4 Å². The molecular weight excluding hydrogens is 241 g/mol. The highest BCUT2D eigenvalue weighted by atomic mass is 19.1. The maximum absolute atomic E-state index is 12.6. The quantitative estimate of drug-likeness (QED) is 0.563. The van der Waals surface area contributed by atoms with Crippen LogP contribution in [0.4, 0.5) is 4.39 Å². The van der Waals surface area contributed by atoms with Gasteiger partial charge in [0.1, 0.15) is 11.6 Å². The smallest absolute Gasteiger partial charge is 0.246 e. The van der Waals surface area contributed by atoms with Crippen LogP contribution in [0.25, 0.3) is 0 Å². The van der Waals surface area contributed by atoms with Gasteiger partial charge in [-0.2, -0.15) is 0 Å². The van der Waals surface area contributed by atoms with E-state index in [1.165, 1.54) is 24.3 Å². The van der Waals surface area contributed by atoms with E-state index in [9.17, 15) is 9.18 Å². The summed E-state index contributed by atoms with van der Waals surface area (Å²) in [6.07, 6.45) is 0.157. The average molecular weight is 257 g/mol.